The minimum atomic E-state index is -0.222. The number of ketones is 1. The predicted molar refractivity (Wildman–Crippen MR) is 90.7 cm³/mol. The highest BCUT2D eigenvalue weighted by Gasteiger charge is 2.47. The second kappa shape index (κ2) is 5.95. The normalized spacial score (nSPS) is 29.4. The first-order valence-electron chi connectivity index (χ1n) is 8.52. The number of fused-ring (bicyclic) bond motifs is 2. The summed E-state index contributed by atoms with van der Waals surface area (Å²) in [6.07, 6.45) is 2.68. The highest BCUT2D eigenvalue weighted by Crippen LogP contribution is 2.48. The maximum atomic E-state index is 13.0. The van der Waals surface area contributed by atoms with Crippen LogP contribution in [0, 0.1) is 11.8 Å². The van der Waals surface area contributed by atoms with E-state index in [0.717, 1.165) is 30.4 Å². The number of carbonyl (C=O) groups excluding carboxylic acids is 1. The molecule has 4 heteroatoms. The van der Waals surface area contributed by atoms with Crippen molar-refractivity contribution in [3.05, 3.63) is 59.7 Å². The van der Waals surface area contributed by atoms with Gasteiger partial charge in [0.15, 0.2) is 0 Å². The summed E-state index contributed by atoms with van der Waals surface area (Å²) in [7, 11) is 0. The molecule has 4 rings (SSSR count). The lowest BCUT2D eigenvalue weighted by Crippen LogP contribution is -2.50. The molecule has 4 nitrogen and oxygen atoms in total. The molecule has 2 aliphatic rings. The van der Waals surface area contributed by atoms with Crippen molar-refractivity contribution in [3.8, 4) is 11.5 Å². The summed E-state index contributed by atoms with van der Waals surface area (Å²) in [6, 6.07) is 13.9. The minimum Gasteiger partial charge on any atom is -0.508 e. The number of nitrogens with one attached hydrogen (secondary N) is 1. The molecule has 2 bridgehead atoms. The van der Waals surface area contributed by atoms with Gasteiger partial charge in [-0.1, -0.05) is 42.8 Å². The maximum absolute atomic E-state index is 13.0. The van der Waals surface area contributed by atoms with Gasteiger partial charge < -0.3 is 15.5 Å². The lowest BCUT2D eigenvalue weighted by molar-refractivity contribution is -0.135. The Morgan fingerprint density at radius 1 is 0.792 bits per heavy atom. The molecule has 3 N–H and O–H groups in total. The van der Waals surface area contributed by atoms with Gasteiger partial charge in [0, 0.05) is 35.0 Å². The third-order valence-corrected chi connectivity index (χ3v) is 5.47. The molecule has 0 radical (unpaired) electrons. The fourth-order valence-electron chi connectivity index (χ4n) is 4.32. The summed E-state index contributed by atoms with van der Waals surface area (Å²) in [5.41, 5.74) is 1.52. The molecule has 24 heavy (non-hydrogen) atoms. The highest BCUT2D eigenvalue weighted by molar-refractivity contribution is 5.87. The SMILES string of the molecule is O=C1[C@H]2CCC[C@@H]1[C@@H](c1ccccc1O)N[C@@H]2c1ccccc1O. The summed E-state index contributed by atoms with van der Waals surface area (Å²) in [5, 5.41) is 24.1. The van der Waals surface area contributed by atoms with Crippen molar-refractivity contribution in [3.63, 3.8) is 0 Å². The fourth-order valence-corrected chi connectivity index (χ4v) is 4.32. The number of carbonyl (C=O) groups is 1. The van der Waals surface area contributed by atoms with Crippen LogP contribution in [0.25, 0.3) is 0 Å². The van der Waals surface area contributed by atoms with E-state index in [4.69, 9.17) is 0 Å². The van der Waals surface area contributed by atoms with Crippen LogP contribution in [0.5, 0.6) is 11.5 Å². The van der Waals surface area contributed by atoms with Gasteiger partial charge in [-0.3, -0.25) is 4.79 Å². The topological polar surface area (TPSA) is 69.6 Å². The standard InChI is InChI=1S/C20H21NO3/c22-16-10-3-1-6-12(16)18-14-8-5-9-15(20(14)24)19(21-18)13-7-2-4-11-17(13)23/h1-4,6-7,10-11,14-15,18-19,21-23H,5,8-9H2/t14-,15+,18-,19-/m1/s1. The van der Waals surface area contributed by atoms with Crippen LogP contribution in [0.2, 0.25) is 0 Å². The van der Waals surface area contributed by atoms with Crippen LogP contribution in [-0.4, -0.2) is 16.0 Å². The van der Waals surface area contributed by atoms with Gasteiger partial charge in [-0.2, -0.15) is 0 Å². The van der Waals surface area contributed by atoms with Gasteiger partial charge in [0.2, 0.25) is 0 Å². The van der Waals surface area contributed by atoms with Crippen molar-refractivity contribution in [2.75, 3.05) is 0 Å². The summed E-state index contributed by atoms with van der Waals surface area (Å²) in [5.74, 6) is 0.450. The number of benzene rings is 2. The average molecular weight is 323 g/mol. The Hall–Kier alpha value is -2.33. The molecular weight excluding hydrogens is 302 g/mol. The zero-order valence-corrected chi connectivity index (χ0v) is 13.4. The molecule has 4 atom stereocenters. The molecule has 0 spiro atoms. The molecule has 2 aromatic rings. The van der Waals surface area contributed by atoms with Crippen LogP contribution in [-0.2, 0) is 4.79 Å². The number of aromatic hydroxyl groups is 2. The Kier molecular flexibility index (Phi) is 3.77. The van der Waals surface area contributed by atoms with E-state index < -0.39 is 0 Å². The Morgan fingerprint density at radius 3 is 1.71 bits per heavy atom. The van der Waals surface area contributed by atoms with E-state index in [9.17, 15) is 15.0 Å². The Balaban J connectivity index is 1.78. The number of hydrogen-bond donors (Lipinski definition) is 3. The van der Waals surface area contributed by atoms with Gasteiger partial charge in [0.25, 0.3) is 0 Å². The zero-order chi connectivity index (χ0) is 16.7. The van der Waals surface area contributed by atoms with Crippen molar-refractivity contribution >= 4 is 5.78 Å². The van der Waals surface area contributed by atoms with Crippen LogP contribution in [0.3, 0.4) is 0 Å². The zero-order valence-electron chi connectivity index (χ0n) is 13.4. The second-order valence-corrected chi connectivity index (χ2v) is 6.79. The summed E-state index contributed by atoms with van der Waals surface area (Å²) in [4.78, 5) is 13.0. The van der Waals surface area contributed by atoms with Gasteiger partial charge in [0.1, 0.15) is 17.3 Å². The third-order valence-electron chi connectivity index (χ3n) is 5.47. The lowest BCUT2D eigenvalue weighted by Gasteiger charge is -2.45. The Bertz CT molecular complexity index is 711. The number of Topliss-reactive ketones (excluding diaryl/α,β-unsaturated/α-hetero) is 1. The van der Waals surface area contributed by atoms with Crippen molar-refractivity contribution < 1.29 is 15.0 Å². The summed E-state index contributed by atoms with van der Waals surface area (Å²) >= 11 is 0. The first-order chi connectivity index (χ1) is 11.7. The first-order valence-corrected chi connectivity index (χ1v) is 8.52. The van der Waals surface area contributed by atoms with Gasteiger partial charge in [-0.05, 0) is 25.0 Å². The van der Waals surface area contributed by atoms with E-state index >= 15 is 0 Å². The van der Waals surface area contributed by atoms with Crippen LogP contribution >= 0.6 is 0 Å². The van der Waals surface area contributed by atoms with Gasteiger partial charge >= 0.3 is 0 Å². The van der Waals surface area contributed by atoms with Crippen LogP contribution in [0.15, 0.2) is 48.5 Å². The van der Waals surface area contributed by atoms with Gasteiger partial charge in [-0.25, -0.2) is 0 Å². The molecule has 1 saturated carbocycles. The predicted octanol–water partition coefficient (Wildman–Crippen LogP) is 3.47. The van der Waals surface area contributed by atoms with Crippen molar-refractivity contribution in [2.24, 2.45) is 11.8 Å². The van der Waals surface area contributed by atoms with Crippen molar-refractivity contribution in [1.82, 2.24) is 5.32 Å². The Morgan fingerprint density at radius 2 is 1.25 bits per heavy atom. The molecule has 0 amide bonds. The summed E-state index contributed by atoms with van der Waals surface area (Å²) < 4.78 is 0. The molecule has 124 valence electrons. The number of hydrogen-bond acceptors (Lipinski definition) is 4. The van der Waals surface area contributed by atoms with E-state index in [1.165, 1.54) is 0 Å². The smallest absolute Gasteiger partial charge is 0.142 e. The maximum Gasteiger partial charge on any atom is 0.142 e. The van der Waals surface area contributed by atoms with E-state index in [-0.39, 0.29) is 41.2 Å². The largest absolute Gasteiger partial charge is 0.508 e. The van der Waals surface area contributed by atoms with E-state index in [1.807, 2.05) is 24.3 Å². The van der Waals surface area contributed by atoms with E-state index in [0.29, 0.717) is 0 Å². The average Bonchev–Trinajstić information content (AvgIpc) is 2.57. The summed E-state index contributed by atoms with van der Waals surface area (Å²) in [6.45, 7) is 0. The monoisotopic (exact) mass is 323 g/mol. The molecule has 1 saturated heterocycles. The van der Waals surface area contributed by atoms with E-state index in [2.05, 4.69) is 5.32 Å². The minimum absolute atomic E-state index is 0.112. The molecule has 0 unspecified atom stereocenters. The fraction of sp³-hybridized carbons (Fsp3) is 0.350. The van der Waals surface area contributed by atoms with Crippen molar-refractivity contribution in [1.29, 1.82) is 0 Å². The van der Waals surface area contributed by atoms with Crippen LogP contribution in [0.4, 0.5) is 0 Å². The molecule has 2 aromatic carbocycles. The molecule has 1 aliphatic heterocycles. The number of phenolic OH excluding ortho intramolecular Hbond substituents is 2. The van der Waals surface area contributed by atoms with Gasteiger partial charge in [0.05, 0.1) is 0 Å². The molecule has 0 aromatic heterocycles. The van der Waals surface area contributed by atoms with Crippen LogP contribution < -0.4 is 5.32 Å². The number of rotatable bonds is 2. The third kappa shape index (κ3) is 2.38. The molecule has 1 heterocycles. The second-order valence-electron chi connectivity index (χ2n) is 6.79. The van der Waals surface area contributed by atoms with Crippen LogP contribution in [0.1, 0.15) is 42.5 Å². The lowest BCUT2D eigenvalue weighted by atomic mass is 9.67. The molecular formula is C20H21NO3. The van der Waals surface area contributed by atoms with Gasteiger partial charge in [-0.15, -0.1) is 0 Å². The molecule has 1 aliphatic carbocycles. The quantitative estimate of drug-likeness (QED) is 0.791. The number of piperidine rings is 1. The highest BCUT2D eigenvalue weighted by atomic mass is 16.3. The number of phenols is 2. The first kappa shape index (κ1) is 15.2. The van der Waals surface area contributed by atoms with Crippen molar-refractivity contribution in [2.45, 2.75) is 31.3 Å². The molecule has 2 fully saturated rings. The Labute approximate surface area is 141 Å². The number of para-hydroxylation sites is 2. The van der Waals surface area contributed by atoms with E-state index in [1.54, 1.807) is 24.3 Å².